The molecule has 1 aromatic heterocycles. The van der Waals surface area contributed by atoms with Gasteiger partial charge in [-0.05, 0) is 30.4 Å². The van der Waals surface area contributed by atoms with E-state index in [4.69, 9.17) is 5.73 Å². The minimum atomic E-state index is -0.227. The molecule has 2 heterocycles. The molecule has 1 atom stereocenters. The number of rotatable bonds is 2. The van der Waals surface area contributed by atoms with Crippen molar-refractivity contribution in [3.05, 3.63) is 46.4 Å². The molecule has 21 heavy (non-hydrogen) atoms. The highest BCUT2D eigenvalue weighted by molar-refractivity contribution is 5.96. The van der Waals surface area contributed by atoms with Gasteiger partial charge >= 0.3 is 0 Å². The first-order valence-corrected chi connectivity index (χ1v) is 6.84. The number of carbonyl (C=O) groups is 1. The number of H-pyrrole nitrogens is 1. The van der Waals surface area contributed by atoms with Gasteiger partial charge in [0.1, 0.15) is 5.69 Å². The third-order valence-electron chi connectivity index (χ3n) is 3.89. The van der Waals surface area contributed by atoms with Crippen LogP contribution in [0.3, 0.4) is 0 Å². The van der Waals surface area contributed by atoms with Crippen molar-refractivity contribution in [1.82, 2.24) is 9.88 Å². The number of halogens is 1. The van der Waals surface area contributed by atoms with E-state index in [1.165, 1.54) is 0 Å². The molecule has 112 valence electrons. The lowest BCUT2D eigenvalue weighted by Gasteiger charge is -2.23. The van der Waals surface area contributed by atoms with E-state index in [2.05, 4.69) is 4.98 Å². The molecule has 3 N–H and O–H groups in total. The predicted octanol–water partition coefficient (Wildman–Crippen LogP) is 1.51. The lowest BCUT2D eigenvalue weighted by Crippen LogP contribution is -2.40. The smallest absolute Gasteiger partial charge is 0.270 e. The quantitative estimate of drug-likeness (QED) is 0.882. The highest BCUT2D eigenvalue weighted by atomic mass is 35.5. The number of aromatic nitrogens is 1. The topological polar surface area (TPSA) is 79.2 Å². The molecule has 2 aromatic rings. The van der Waals surface area contributed by atoms with E-state index in [0.717, 1.165) is 18.2 Å². The Kier molecular flexibility index (Phi) is 4.65. The van der Waals surface area contributed by atoms with Gasteiger partial charge in [0.05, 0.1) is 0 Å². The summed E-state index contributed by atoms with van der Waals surface area (Å²) in [5.41, 5.74) is 5.81. The van der Waals surface area contributed by atoms with Gasteiger partial charge in [0.15, 0.2) is 0 Å². The zero-order chi connectivity index (χ0) is 14.1. The SMILES string of the molecule is Cl.NCC1CCCN1C(=O)c1cc2ccccc2c(=O)[nH]1. The highest BCUT2D eigenvalue weighted by Crippen LogP contribution is 2.19. The van der Waals surface area contributed by atoms with Gasteiger partial charge in [-0.3, -0.25) is 9.59 Å². The largest absolute Gasteiger partial charge is 0.333 e. The van der Waals surface area contributed by atoms with Gasteiger partial charge in [-0.1, -0.05) is 18.2 Å². The summed E-state index contributed by atoms with van der Waals surface area (Å²) in [7, 11) is 0. The monoisotopic (exact) mass is 307 g/mol. The first-order chi connectivity index (χ1) is 9.70. The van der Waals surface area contributed by atoms with Crippen molar-refractivity contribution < 1.29 is 4.79 Å². The van der Waals surface area contributed by atoms with Crippen LogP contribution in [0.15, 0.2) is 35.1 Å². The summed E-state index contributed by atoms with van der Waals surface area (Å²) in [4.78, 5) is 29.0. The molecular weight excluding hydrogens is 290 g/mol. The van der Waals surface area contributed by atoms with Gasteiger partial charge in [-0.15, -0.1) is 12.4 Å². The Morgan fingerprint density at radius 1 is 1.38 bits per heavy atom. The Morgan fingerprint density at radius 2 is 2.14 bits per heavy atom. The van der Waals surface area contributed by atoms with Crippen LogP contribution in [0.2, 0.25) is 0 Å². The molecular formula is C15H18ClN3O2. The standard InChI is InChI=1S/C15H17N3O2.ClH/c16-9-11-5-3-7-18(11)15(20)13-8-10-4-1-2-6-12(10)14(19)17-13;/h1-2,4,6,8,11H,3,5,7,9,16H2,(H,17,19);1H. The predicted molar refractivity (Wildman–Crippen MR) is 84.9 cm³/mol. The fourth-order valence-electron chi connectivity index (χ4n) is 2.83. The summed E-state index contributed by atoms with van der Waals surface area (Å²) >= 11 is 0. The second kappa shape index (κ2) is 6.28. The molecule has 0 bridgehead atoms. The number of amides is 1. The number of nitrogens with two attached hydrogens (primary N) is 1. The Balaban J connectivity index is 0.00000161. The van der Waals surface area contributed by atoms with E-state index >= 15 is 0 Å². The number of hydrogen-bond acceptors (Lipinski definition) is 3. The molecule has 1 fully saturated rings. The van der Waals surface area contributed by atoms with Gasteiger partial charge in [0.25, 0.3) is 11.5 Å². The lowest BCUT2D eigenvalue weighted by molar-refractivity contribution is 0.0735. The Hall–Kier alpha value is -1.85. The molecule has 1 unspecified atom stereocenters. The van der Waals surface area contributed by atoms with E-state index < -0.39 is 0 Å². The highest BCUT2D eigenvalue weighted by Gasteiger charge is 2.28. The number of aromatic amines is 1. The maximum atomic E-state index is 12.5. The number of pyridine rings is 1. The van der Waals surface area contributed by atoms with Crippen LogP contribution in [0.4, 0.5) is 0 Å². The second-order valence-corrected chi connectivity index (χ2v) is 5.13. The summed E-state index contributed by atoms with van der Waals surface area (Å²) in [5.74, 6) is -0.138. The van der Waals surface area contributed by atoms with E-state index in [-0.39, 0.29) is 29.9 Å². The van der Waals surface area contributed by atoms with E-state index in [1.807, 2.05) is 18.2 Å². The number of fused-ring (bicyclic) bond motifs is 1. The average molecular weight is 308 g/mol. The van der Waals surface area contributed by atoms with Crippen LogP contribution in [0.25, 0.3) is 10.8 Å². The number of carbonyl (C=O) groups excluding carboxylic acids is 1. The van der Waals surface area contributed by atoms with Crippen LogP contribution in [-0.4, -0.2) is 34.9 Å². The van der Waals surface area contributed by atoms with E-state index in [9.17, 15) is 9.59 Å². The van der Waals surface area contributed by atoms with Crippen molar-refractivity contribution in [1.29, 1.82) is 0 Å². The summed E-state index contributed by atoms with van der Waals surface area (Å²) in [6.07, 6.45) is 1.89. The molecule has 0 aliphatic carbocycles. The molecule has 1 aromatic carbocycles. The Labute approximate surface area is 128 Å². The normalized spacial score (nSPS) is 17.8. The maximum absolute atomic E-state index is 12.5. The van der Waals surface area contributed by atoms with Crippen molar-refractivity contribution >= 4 is 29.1 Å². The first kappa shape index (κ1) is 15.5. The van der Waals surface area contributed by atoms with Gasteiger partial charge in [0.2, 0.25) is 0 Å². The molecule has 1 aliphatic heterocycles. The number of hydrogen-bond donors (Lipinski definition) is 2. The zero-order valence-electron chi connectivity index (χ0n) is 11.5. The summed E-state index contributed by atoms with van der Waals surface area (Å²) in [6.45, 7) is 1.17. The van der Waals surface area contributed by atoms with Crippen LogP contribution < -0.4 is 11.3 Å². The molecule has 1 amide bonds. The molecule has 0 saturated carbocycles. The summed E-state index contributed by atoms with van der Waals surface area (Å²) < 4.78 is 0. The van der Waals surface area contributed by atoms with Gasteiger partial charge < -0.3 is 15.6 Å². The van der Waals surface area contributed by atoms with Crippen LogP contribution in [0.1, 0.15) is 23.3 Å². The molecule has 0 radical (unpaired) electrons. The second-order valence-electron chi connectivity index (χ2n) is 5.13. The summed E-state index contributed by atoms with van der Waals surface area (Å²) in [6, 6.07) is 9.08. The first-order valence-electron chi connectivity index (χ1n) is 6.84. The van der Waals surface area contributed by atoms with Crippen molar-refractivity contribution in [3.8, 4) is 0 Å². The Morgan fingerprint density at radius 3 is 2.90 bits per heavy atom. The van der Waals surface area contributed by atoms with Crippen molar-refractivity contribution in [2.24, 2.45) is 5.73 Å². The number of nitrogens with one attached hydrogen (secondary N) is 1. The average Bonchev–Trinajstić information content (AvgIpc) is 2.95. The van der Waals surface area contributed by atoms with E-state index in [0.29, 0.717) is 24.2 Å². The van der Waals surface area contributed by atoms with Gasteiger partial charge in [-0.25, -0.2) is 0 Å². The molecule has 1 aliphatic rings. The van der Waals surface area contributed by atoms with Crippen LogP contribution in [-0.2, 0) is 0 Å². The molecule has 1 saturated heterocycles. The van der Waals surface area contributed by atoms with Crippen molar-refractivity contribution in [3.63, 3.8) is 0 Å². The molecule has 5 nitrogen and oxygen atoms in total. The number of benzene rings is 1. The van der Waals surface area contributed by atoms with Gasteiger partial charge in [-0.2, -0.15) is 0 Å². The molecule has 0 spiro atoms. The zero-order valence-corrected chi connectivity index (χ0v) is 12.4. The maximum Gasteiger partial charge on any atom is 0.270 e. The van der Waals surface area contributed by atoms with Crippen LogP contribution in [0.5, 0.6) is 0 Å². The third-order valence-corrected chi connectivity index (χ3v) is 3.89. The number of likely N-dealkylation sites (tertiary alicyclic amines) is 1. The van der Waals surface area contributed by atoms with Crippen LogP contribution in [0, 0.1) is 0 Å². The third kappa shape index (κ3) is 2.80. The minimum absolute atomic E-state index is 0. The van der Waals surface area contributed by atoms with E-state index in [1.54, 1.807) is 17.0 Å². The Bertz CT molecular complexity index is 713. The fraction of sp³-hybridized carbons (Fsp3) is 0.333. The van der Waals surface area contributed by atoms with Gasteiger partial charge in [0, 0.05) is 24.5 Å². The van der Waals surface area contributed by atoms with Crippen molar-refractivity contribution in [2.75, 3.05) is 13.1 Å². The number of nitrogens with zero attached hydrogens (tertiary/aromatic N) is 1. The summed E-state index contributed by atoms with van der Waals surface area (Å²) in [5, 5.41) is 1.38. The minimum Gasteiger partial charge on any atom is -0.333 e. The lowest BCUT2D eigenvalue weighted by atomic mass is 10.1. The van der Waals surface area contributed by atoms with Crippen molar-refractivity contribution in [2.45, 2.75) is 18.9 Å². The fourth-order valence-corrected chi connectivity index (χ4v) is 2.83. The molecule has 6 heteroatoms. The molecule has 3 rings (SSSR count). The van der Waals surface area contributed by atoms with Crippen LogP contribution >= 0.6 is 12.4 Å².